The van der Waals surface area contributed by atoms with Gasteiger partial charge in [-0.1, -0.05) is 61.5 Å². The number of benzene rings is 3. The molecular weight excluding hydrogens is 398 g/mol. The highest BCUT2D eigenvalue weighted by Crippen LogP contribution is 2.23. The van der Waals surface area contributed by atoms with Crippen LogP contribution in [-0.2, 0) is 16.4 Å². The Kier molecular flexibility index (Phi) is 6.90. The number of rotatable bonds is 8. The Hall–Kier alpha value is -3.12. The number of carbonyl (C=O) groups excluding carboxylic acids is 1. The number of sulfone groups is 1. The third kappa shape index (κ3) is 5.48. The second-order valence-corrected chi connectivity index (χ2v) is 9.06. The molecule has 3 aromatic rings. The van der Waals surface area contributed by atoms with Gasteiger partial charge in [-0.05, 0) is 41.8 Å². The predicted octanol–water partition coefficient (Wildman–Crippen LogP) is 4.55. The molecule has 0 radical (unpaired) electrons. The lowest BCUT2D eigenvalue weighted by molar-refractivity contribution is 0.0931. The van der Waals surface area contributed by atoms with Crippen molar-refractivity contribution in [2.24, 2.45) is 0 Å². The molecule has 0 saturated heterocycles. The zero-order chi connectivity index (χ0) is 21.6. The fourth-order valence-corrected chi connectivity index (χ4v) is 3.75. The number of hydrogen-bond donors (Lipinski definition) is 1. The van der Waals surface area contributed by atoms with Crippen molar-refractivity contribution in [1.82, 2.24) is 5.32 Å². The highest BCUT2D eigenvalue weighted by Gasteiger charge is 2.18. The Labute approximate surface area is 177 Å². The van der Waals surface area contributed by atoms with Gasteiger partial charge < -0.3 is 10.1 Å². The van der Waals surface area contributed by atoms with E-state index < -0.39 is 9.84 Å². The van der Waals surface area contributed by atoms with Crippen LogP contribution in [0.2, 0.25) is 0 Å². The van der Waals surface area contributed by atoms with Crippen LogP contribution in [0.25, 0.3) is 0 Å². The number of para-hydroxylation sites is 1. The first-order chi connectivity index (χ1) is 14.4. The van der Waals surface area contributed by atoms with Crippen molar-refractivity contribution in [2.45, 2.75) is 30.9 Å². The van der Waals surface area contributed by atoms with Gasteiger partial charge in [0, 0.05) is 6.26 Å². The summed E-state index contributed by atoms with van der Waals surface area (Å²) in [4.78, 5) is 13.2. The van der Waals surface area contributed by atoms with Gasteiger partial charge in [0.2, 0.25) is 0 Å². The summed E-state index contributed by atoms with van der Waals surface area (Å²) in [7, 11) is -3.26. The average Bonchev–Trinajstić information content (AvgIpc) is 2.76. The van der Waals surface area contributed by atoms with Crippen LogP contribution in [-0.4, -0.2) is 20.6 Å². The van der Waals surface area contributed by atoms with E-state index in [1.165, 1.54) is 6.26 Å². The zero-order valence-electron chi connectivity index (χ0n) is 17.0. The van der Waals surface area contributed by atoms with Gasteiger partial charge in [-0.3, -0.25) is 4.79 Å². The minimum atomic E-state index is -3.26. The Bertz CT molecular complexity index is 1090. The normalized spacial score (nSPS) is 12.2. The fraction of sp³-hybridized carbons (Fsp3) is 0.208. The molecule has 0 saturated carbocycles. The summed E-state index contributed by atoms with van der Waals surface area (Å²) in [5.74, 6) is 0.277. The molecule has 0 aromatic heterocycles. The maximum absolute atomic E-state index is 13.0. The van der Waals surface area contributed by atoms with E-state index in [1.54, 1.807) is 42.5 Å². The van der Waals surface area contributed by atoms with Crippen molar-refractivity contribution < 1.29 is 17.9 Å². The molecule has 0 bridgehead atoms. The molecule has 0 aliphatic rings. The summed E-state index contributed by atoms with van der Waals surface area (Å²) >= 11 is 0. The van der Waals surface area contributed by atoms with Crippen LogP contribution in [0.3, 0.4) is 0 Å². The second-order valence-electron chi connectivity index (χ2n) is 7.05. The van der Waals surface area contributed by atoms with Gasteiger partial charge in [-0.15, -0.1) is 0 Å². The molecule has 0 fully saturated rings. The van der Waals surface area contributed by atoms with E-state index in [4.69, 9.17) is 4.74 Å². The zero-order valence-corrected chi connectivity index (χ0v) is 17.9. The first-order valence-electron chi connectivity index (χ1n) is 9.75. The third-order valence-electron chi connectivity index (χ3n) is 4.79. The number of nitrogens with one attached hydrogen (secondary N) is 1. The SMILES string of the molecule is CC[C@@H](NC(=O)c1ccccc1OCc1ccccc1)c1ccc(S(C)(=O)=O)cc1. The van der Waals surface area contributed by atoms with Crippen molar-refractivity contribution in [1.29, 1.82) is 0 Å². The van der Waals surface area contributed by atoms with E-state index in [0.717, 1.165) is 11.1 Å². The molecule has 0 unspecified atom stereocenters. The van der Waals surface area contributed by atoms with Gasteiger partial charge >= 0.3 is 0 Å². The first-order valence-corrected chi connectivity index (χ1v) is 11.6. The van der Waals surface area contributed by atoms with Crippen LogP contribution in [0.1, 0.15) is 40.9 Å². The molecule has 0 aliphatic carbocycles. The van der Waals surface area contributed by atoms with Gasteiger partial charge in [-0.25, -0.2) is 8.42 Å². The summed E-state index contributed by atoms with van der Waals surface area (Å²) in [6.07, 6.45) is 1.84. The molecule has 1 atom stereocenters. The van der Waals surface area contributed by atoms with Crippen LogP contribution in [0.5, 0.6) is 5.75 Å². The molecule has 30 heavy (non-hydrogen) atoms. The van der Waals surface area contributed by atoms with Crippen molar-refractivity contribution in [3.8, 4) is 5.75 Å². The molecule has 0 heterocycles. The quantitative estimate of drug-likeness (QED) is 0.577. The Morgan fingerprint density at radius 1 is 0.933 bits per heavy atom. The lowest BCUT2D eigenvalue weighted by Gasteiger charge is -2.19. The standard InChI is InChI=1S/C24H25NO4S/c1-3-22(19-13-15-20(16-14-19)30(2,27)28)25-24(26)21-11-7-8-12-23(21)29-17-18-9-5-4-6-10-18/h4-16,22H,3,17H2,1-2H3,(H,25,26)/t22-/m1/s1. The van der Waals surface area contributed by atoms with Gasteiger partial charge in [0.15, 0.2) is 9.84 Å². The minimum absolute atomic E-state index is 0.238. The van der Waals surface area contributed by atoms with Gasteiger partial charge in [-0.2, -0.15) is 0 Å². The molecule has 1 amide bonds. The highest BCUT2D eigenvalue weighted by atomic mass is 32.2. The molecule has 156 valence electrons. The van der Waals surface area contributed by atoms with Crippen LogP contribution in [0.4, 0.5) is 0 Å². The smallest absolute Gasteiger partial charge is 0.255 e. The van der Waals surface area contributed by atoms with Crippen molar-refractivity contribution >= 4 is 15.7 Å². The van der Waals surface area contributed by atoms with E-state index >= 15 is 0 Å². The van der Waals surface area contributed by atoms with E-state index in [0.29, 0.717) is 24.3 Å². The van der Waals surface area contributed by atoms with Crippen LogP contribution in [0, 0.1) is 0 Å². The lowest BCUT2D eigenvalue weighted by atomic mass is 10.0. The molecule has 0 aliphatic heterocycles. The fourth-order valence-electron chi connectivity index (χ4n) is 3.12. The molecule has 1 N–H and O–H groups in total. The topological polar surface area (TPSA) is 72.5 Å². The van der Waals surface area contributed by atoms with Crippen molar-refractivity contribution in [3.05, 3.63) is 95.6 Å². The molecule has 6 heteroatoms. The summed E-state index contributed by atoms with van der Waals surface area (Å²) in [5, 5.41) is 3.03. The van der Waals surface area contributed by atoms with Gasteiger partial charge in [0.1, 0.15) is 12.4 Å². The predicted molar refractivity (Wildman–Crippen MR) is 117 cm³/mol. The average molecular weight is 424 g/mol. The Morgan fingerprint density at radius 2 is 1.57 bits per heavy atom. The summed E-state index contributed by atoms with van der Waals surface area (Å²) < 4.78 is 29.2. The van der Waals surface area contributed by atoms with Crippen LogP contribution in [0.15, 0.2) is 83.8 Å². The number of carbonyl (C=O) groups is 1. The highest BCUT2D eigenvalue weighted by molar-refractivity contribution is 7.90. The maximum Gasteiger partial charge on any atom is 0.255 e. The first kappa shape index (κ1) is 21.6. The molecule has 0 spiro atoms. The molecular formula is C24H25NO4S. The van der Waals surface area contributed by atoms with E-state index in [2.05, 4.69) is 5.32 Å². The summed E-state index contributed by atoms with van der Waals surface area (Å²) in [5.41, 5.74) is 2.32. The van der Waals surface area contributed by atoms with Crippen molar-refractivity contribution in [3.63, 3.8) is 0 Å². The van der Waals surface area contributed by atoms with Crippen molar-refractivity contribution in [2.75, 3.05) is 6.26 Å². The summed E-state index contributed by atoms with van der Waals surface area (Å²) in [6.45, 7) is 2.34. The molecule has 5 nitrogen and oxygen atoms in total. The van der Waals surface area contributed by atoms with Crippen LogP contribution >= 0.6 is 0 Å². The second kappa shape index (κ2) is 9.59. The number of ether oxygens (including phenoxy) is 1. The Morgan fingerprint density at radius 3 is 2.20 bits per heavy atom. The summed E-state index contributed by atoms with van der Waals surface area (Å²) in [6, 6.07) is 23.3. The van der Waals surface area contributed by atoms with E-state index in [9.17, 15) is 13.2 Å². The number of hydrogen-bond acceptors (Lipinski definition) is 4. The largest absolute Gasteiger partial charge is 0.488 e. The number of amides is 1. The van der Waals surface area contributed by atoms with Gasteiger partial charge in [0.05, 0.1) is 16.5 Å². The van der Waals surface area contributed by atoms with E-state index in [-0.39, 0.29) is 16.8 Å². The Balaban J connectivity index is 1.74. The minimum Gasteiger partial charge on any atom is -0.488 e. The monoisotopic (exact) mass is 423 g/mol. The van der Waals surface area contributed by atoms with E-state index in [1.807, 2.05) is 43.3 Å². The molecule has 3 aromatic carbocycles. The van der Waals surface area contributed by atoms with Crippen LogP contribution < -0.4 is 10.1 Å². The van der Waals surface area contributed by atoms with Gasteiger partial charge in [0.25, 0.3) is 5.91 Å². The lowest BCUT2D eigenvalue weighted by Crippen LogP contribution is -2.28. The maximum atomic E-state index is 13.0. The third-order valence-corrected chi connectivity index (χ3v) is 5.92. The molecule has 3 rings (SSSR count).